The third-order valence-corrected chi connectivity index (χ3v) is 4.92. The molecular formula is C14H19N3O2S2. The number of hydrogen-bond acceptors (Lipinski definition) is 5. The molecule has 5 nitrogen and oxygen atoms in total. The highest BCUT2D eigenvalue weighted by Crippen LogP contribution is 2.22. The number of urea groups is 1. The smallest absolute Gasteiger partial charge is 0.315 e. The molecule has 7 heteroatoms. The zero-order chi connectivity index (χ0) is 15.5. The van der Waals surface area contributed by atoms with E-state index in [1.54, 1.807) is 6.92 Å². The molecule has 3 N–H and O–H groups in total. The van der Waals surface area contributed by atoms with Gasteiger partial charge < -0.3 is 15.7 Å². The molecule has 0 radical (unpaired) electrons. The molecule has 2 amide bonds. The number of aryl methyl sites for hydroxylation is 1. The molecule has 2 unspecified atom stereocenters. The minimum absolute atomic E-state index is 0.152. The summed E-state index contributed by atoms with van der Waals surface area (Å²) in [6.45, 7) is 5.64. The van der Waals surface area contributed by atoms with Crippen molar-refractivity contribution >= 4 is 28.7 Å². The third-order valence-electron chi connectivity index (χ3n) is 3.09. The largest absolute Gasteiger partial charge is 0.384 e. The zero-order valence-electron chi connectivity index (χ0n) is 12.2. The molecule has 21 heavy (non-hydrogen) atoms. The van der Waals surface area contributed by atoms with E-state index in [1.165, 1.54) is 22.7 Å². The maximum absolute atomic E-state index is 11.9. The van der Waals surface area contributed by atoms with Crippen LogP contribution in [0.3, 0.4) is 0 Å². The van der Waals surface area contributed by atoms with Crippen molar-refractivity contribution < 1.29 is 9.90 Å². The van der Waals surface area contributed by atoms with E-state index in [4.69, 9.17) is 0 Å². The lowest BCUT2D eigenvalue weighted by Crippen LogP contribution is -2.44. The van der Waals surface area contributed by atoms with Gasteiger partial charge in [0, 0.05) is 11.1 Å². The van der Waals surface area contributed by atoms with Gasteiger partial charge >= 0.3 is 6.03 Å². The highest BCUT2D eigenvalue weighted by Gasteiger charge is 2.24. The second kappa shape index (κ2) is 6.55. The van der Waals surface area contributed by atoms with Crippen molar-refractivity contribution in [2.24, 2.45) is 0 Å². The number of rotatable bonds is 5. The lowest BCUT2D eigenvalue weighted by Gasteiger charge is -2.23. The van der Waals surface area contributed by atoms with Gasteiger partial charge in [-0.3, -0.25) is 0 Å². The lowest BCUT2D eigenvalue weighted by atomic mass is 9.99. The van der Waals surface area contributed by atoms with Crippen LogP contribution >= 0.6 is 22.7 Å². The van der Waals surface area contributed by atoms with Gasteiger partial charge in [0.05, 0.1) is 12.6 Å². The van der Waals surface area contributed by atoms with E-state index >= 15 is 0 Å². The Morgan fingerprint density at radius 2 is 2.29 bits per heavy atom. The van der Waals surface area contributed by atoms with E-state index in [0.29, 0.717) is 0 Å². The molecule has 0 aromatic carbocycles. The first-order chi connectivity index (χ1) is 9.88. The number of amides is 2. The topological polar surface area (TPSA) is 74.2 Å². The van der Waals surface area contributed by atoms with Crippen LogP contribution in [0.25, 0.3) is 0 Å². The van der Waals surface area contributed by atoms with Gasteiger partial charge in [-0.15, -0.1) is 11.3 Å². The second-order valence-electron chi connectivity index (χ2n) is 5.16. The Balaban J connectivity index is 1.85. The first-order valence-corrected chi connectivity index (χ1v) is 8.42. The number of aliphatic hydroxyl groups is 1. The molecule has 0 fully saturated rings. The van der Waals surface area contributed by atoms with Crippen molar-refractivity contribution in [2.75, 3.05) is 6.54 Å². The van der Waals surface area contributed by atoms with Gasteiger partial charge in [-0.1, -0.05) is 0 Å². The Labute approximate surface area is 132 Å². The highest BCUT2D eigenvalue weighted by molar-refractivity contribution is 7.09. The average molecular weight is 325 g/mol. The summed E-state index contributed by atoms with van der Waals surface area (Å²) in [6, 6.07) is 1.38. The summed E-state index contributed by atoms with van der Waals surface area (Å²) in [5.74, 6) is 0. The Morgan fingerprint density at radius 3 is 2.86 bits per heavy atom. The molecule has 0 aliphatic heterocycles. The van der Waals surface area contributed by atoms with Gasteiger partial charge in [-0.05, 0) is 43.2 Å². The number of aromatic nitrogens is 1. The summed E-state index contributed by atoms with van der Waals surface area (Å²) in [5.41, 5.74) is 0.680. The fourth-order valence-corrected chi connectivity index (χ4v) is 3.39. The first kappa shape index (κ1) is 15.9. The molecular weight excluding hydrogens is 306 g/mol. The molecule has 0 saturated heterocycles. The Kier molecular flexibility index (Phi) is 4.97. The highest BCUT2D eigenvalue weighted by atomic mass is 32.1. The normalized spacial score (nSPS) is 15.2. The van der Waals surface area contributed by atoms with Crippen LogP contribution in [-0.2, 0) is 5.60 Å². The molecule has 114 valence electrons. The molecule has 0 aliphatic rings. The fourth-order valence-electron chi connectivity index (χ4n) is 1.81. The SMILES string of the molecule is Cc1csc(C(C)NC(=O)NCC(C)(O)c2ccsc2)n1. The molecule has 2 aromatic rings. The van der Waals surface area contributed by atoms with Crippen molar-refractivity contribution in [1.29, 1.82) is 0 Å². The van der Waals surface area contributed by atoms with Crippen LogP contribution in [-0.4, -0.2) is 22.7 Å². The molecule has 0 saturated carbocycles. The van der Waals surface area contributed by atoms with Gasteiger partial charge in [-0.2, -0.15) is 11.3 Å². The van der Waals surface area contributed by atoms with Gasteiger partial charge in [0.2, 0.25) is 0 Å². The van der Waals surface area contributed by atoms with E-state index in [1.807, 2.05) is 36.1 Å². The second-order valence-corrected chi connectivity index (χ2v) is 6.83. The van der Waals surface area contributed by atoms with Crippen LogP contribution < -0.4 is 10.6 Å². The third kappa shape index (κ3) is 4.26. The van der Waals surface area contributed by atoms with Crippen molar-refractivity contribution in [3.63, 3.8) is 0 Å². The minimum atomic E-state index is -1.07. The average Bonchev–Trinajstić information content (AvgIpc) is 3.07. The lowest BCUT2D eigenvalue weighted by molar-refractivity contribution is 0.0597. The molecule has 2 aromatic heterocycles. The van der Waals surface area contributed by atoms with Gasteiger partial charge in [0.1, 0.15) is 10.6 Å². The van der Waals surface area contributed by atoms with E-state index in [0.717, 1.165) is 16.3 Å². The van der Waals surface area contributed by atoms with E-state index in [9.17, 15) is 9.90 Å². The number of nitrogens with one attached hydrogen (secondary N) is 2. The van der Waals surface area contributed by atoms with Gasteiger partial charge in [0.25, 0.3) is 0 Å². The van der Waals surface area contributed by atoms with Crippen molar-refractivity contribution in [3.05, 3.63) is 38.5 Å². The van der Waals surface area contributed by atoms with Crippen LogP contribution in [0.4, 0.5) is 4.79 Å². The van der Waals surface area contributed by atoms with E-state index < -0.39 is 5.60 Å². The number of thiophene rings is 1. The number of carbonyl (C=O) groups is 1. The van der Waals surface area contributed by atoms with Crippen molar-refractivity contribution in [2.45, 2.75) is 32.4 Å². The first-order valence-electron chi connectivity index (χ1n) is 6.60. The summed E-state index contributed by atoms with van der Waals surface area (Å²) >= 11 is 3.04. The molecule has 0 spiro atoms. The van der Waals surface area contributed by atoms with E-state index in [-0.39, 0.29) is 18.6 Å². The Bertz CT molecular complexity index is 593. The number of hydrogen-bond donors (Lipinski definition) is 3. The zero-order valence-corrected chi connectivity index (χ0v) is 13.8. The summed E-state index contributed by atoms with van der Waals surface area (Å²) in [6.07, 6.45) is 0. The number of nitrogens with zero attached hydrogens (tertiary/aromatic N) is 1. The van der Waals surface area contributed by atoms with Gasteiger partial charge in [-0.25, -0.2) is 9.78 Å². The number of carbonyl (C=O) groups excluding carboxylic acids is 1. The molecule has 2 rings (SSSR count). The van der Waals surface area contributed by atoms with E-state index in [2.05, 4.69) is 15.6 Å². The van der Waals surface area contributed by atoms with Crippen LogP contribution in [0.1, 0.15) is 36.2 Å². The van der Waals surface area contributed by atoms with Crippen molar-refractivity contribution in [3.8, 4) is 0 Å². The maximum atomic E-state index is 11.9. The summed E-state index contributed by atoms with van der Waals surface area (Å²) in [4.78, 5) is 16.2. The monoisotopic (exact) mass is 325 g/mol. The Morgan fingerprint density at radius 1 is 1.52 bits per heavy atom. The number of thiazole rings is 1. The maximum Gasteiger partial charge on any atom is 0.315 e. The molecule has 2 atom stereocenters. The molecule has 0 aliphatic carbocycles. The summed E-state index contributed by atoms with van der Waals surface area (Å²) in [7, 11) is 0. The molecule has 0 bridgehead atoms. The van der Waals surface area contributed by atoms with Gasteiger partial charge in [0.15, 0.2) is 0 Å². The predicted molar refractivity (Wildman–Crippen MR) is 85.7 cm³/mol. The Hall–Kier alpha value is -1.44. The summed E-state index contributed by atoms with van der Waals surface area (Å²) in [5, 5.41) is 22.4. The minimum Gasteiger partial charge on any atom is -0.384 e. The van der Waals surface area contributed by atoms with Crippen LogP contribution in [0.5, 0.6) is 0 Å². The molecule has 2 heterocycles. The fraction of sp³-hybridized carbons (Fsp3) is 0.429. The predicted octanol–water partition coefficient (Wildman–Crippen LogP) is 2.78. The summed E-state index contributed by atoms with van der Waals surface area (Å²) < 4.78 is 0. The quantitative estimate of drug-likeness (QED) is 0.791. The van der Waals surface area contributed by atoms with Crippen molar-refractivity contribution in [1.82, 2.24) is 15.6 Å². The van der Waals surface area contributed by atoms with Crippen LogP contribution in [0.2, 0.25) is 0 Å². The standard InChI is InChI=1S/C14H19N3O2S2/c1-9-6-21-12(16-9)10(2)17-13(18)15-8-14(3,19)11-4-5-20-7-11/h4-7,10,19H,8H2,1-3H3,(H2,15,17,18). The van der Waals surface area contributed by atoms with Crippen LogP contribution in [0.15, 0.2) is 22.2 Å². The van der Waals surface area contributed by atoms with Crippen LogP contribution in [0, 0.1) is 6.92 Å².